The predicted octanol–water partition coefficient (Wildman–Crippen LogP) is 3.96. The van der Waals surface area contributed by atoms with Crippen molar-refractivity contribution in [2.24, 2.45) is 5.92 Å². The van der Waals surface area contributed by atoms with Crippen molar-refractivity contribution >= 4 is 41.0 Å². The van der Waals surface area contributed by atoms with E-state index in [-0.39, 0.29) is 16.5 Å². The number of fused-ring (bicyclic) bond motifs is 5. The monoisotopic (exact) mass is 338 g/mol. The van der Waals surface area contributed by atoms with Gasteiger partial charge < -0.3 is 9.72 Å². The summed E-state index contributed by atoms with van der Waals surface area (Å²) in [6, 6.07) is 4.85. The molecular formula is C13H10N2O3S3. The van der Waals surface area contributed by atoms with E-state index in [1.807, 2.05) is 0 Å². The van der Waals surface area contributed by atoms with E-state index < -0.39 is 0 Å². The fraction of sp³-hybridized carbons (Fsp3) is 0.308. The summed E-state index contributed by atoms with van der Waals surface area (Å²) in [4.78, 5) is 15.1. The molecule has 0 saturated heterocycles. The van der Waals surface area contributed by atoms with Gasteiger partial charge in [-0.2, -0.15) is 0 Å². The van der Waals surface area contributed by atoms with E-state index in [1.165, 1.54) is 10.9 Å². The van der Waals surface area contributed by atoms with Crippen LogP contribution in [0.15, 0.2) is 23.2 Å². The Balaban J connectivity index is 1.91. The van der Waals surface area contributed by atoms with Gasteiger partial charge in [0.1, 0.15) is 5.75 Å². The van der Waals surface area contributed by atoms with Gasteiger partial charge in [-0.05, 0) is 18.3 Å². The lowest BCUT2D eigenvalue weighted by Crippen LogP contribution is -2.30. The Bertz CT molecular complexity index is 798. The average molecular weight is 338 g/mol. The van der Waals surface area contributed by atoms with Crippen LogP contribution in [-0.2, 0) is 0 Å². The third-order valence-corrected chi connectivity index (χ3v) is 6.48. The molecule has 2 aliphatic rings. The Morgan fingerprint density at radius 2 is 2.33 bits per heavy atom. The lowest BCUT2D eigenvalue weighted by Gasteiger charge is -2.35. The smallest absolute Gasteiger partial charge is 0.269 e. The first-order valence-electron chi connectivity index (χ1n) is 6.40. The van der Waals surface area contributed by atoms with Crippen LogP contribution in [0.3, 0.4) is 0 Å². The molecule has 1 N–H and O–H groups in total. The zero-order valence-electron chi connectivity index (χ0n) is 10.7. The summed E-state index contributed by atoms with van der Waals surface area (Å²) in [5.41, 5.74) is 1.02. The second-order valence-electron chi connectivity index (χ2n) is 5.05. The Kier molecular flexibility index (Phi) is 3.05. The van der Waals surface area contributed by atoms with Crippen LogP contribution in [0.1, 0.15) is 16.4 Å². The van der Waals surface area contributed by atoms with Gasteiger partial charge in [0.05, 0.1) is 16.6 Å². The molecule has 2 atom stereocenters. The molecule has 8 heteroatoms. The molecule has 1 aromatic carbocycles. The number of hydrogen-bond acceptors (Lipinski definition) is 6. The molecule has 5 nitrogen and oxygen atoms in total. The van der Waals surface area contributed by atoms with Gasteiger partial charge in [0.2, 0.25) is 0 Å². The van der Waals surface area contributed by atoms with Gasteiger partial charge in [0.15, 0.2) is 3.95 Å². The van der Waals surface area contributed by atoms with Gasteiger partial charge in [-0.15, -0.1) is 23.1 Å². The van der Waals surface area contributed by atoms with Crippen molar-refractivity contribution in [2.45, 2.75) is 10.9 Å². The molecule has 0 saturated carbocycles. The van der Waals surface area contributed by atoms with Gasteiger partial charge in [0, 0.05) is 40.2 Å². The normalized spacial score (nSPS) is 22.7. The van der Waals surface area contributed by atoms with E-state index in [0.717, 1.165) is 26.0 Å². The van der Waals surface area contributed by atoms with Crippen LogP contribution in [-0.4, -0.2) is 22.3 Å². The number of thiazole rings is 1. The Labute approximate surface area is 133 Å². The molecule has 0 bridgehead atoms. The summed E-state index contributed by atoms with van der Waals surface area (Å²) in [6.45, 7) is 0.645. The molecule has 0 radical (unpaired) electrons. The number of H-pyrrole nitrogens is 1. The number of nitrogens with one attached hydrogen (secondary N) is 1. The largest absolute Gasteiger partial charge is 0.493 e. The van der Waals surface area contributed by atoms with Gasteiger partial charge >= 0.3 is 0 Å². The maximum absolute atomic E-state index is 11.0. The third kappa shape index (κ3) is 2.09. The van der Waals surface area contributed by atoms with E-state index in [4.69, 9.17) is 17.0 Å². The van der Waals surface area contributed by atoms with E-state index >= 15 is 0 Å². The number of nitrogens with zero attached hydrogens (tertiary/aromatic N) is 1. The topological polar surface area (TPSA) is 68.2 Å². The number of ether oxygens (including phenoxy) is 1. The van der Waals surface area contributed by atoms with Crippen molar-refractivity contribution in [3.8, 4) is 5.75 Å². The number of hydrogen-bond donors (Lipinski definition) is 1. The number of thioether (sulfide) groups is 1. The zero-order valence-corrected chi connectivity index (χ0v) is 13.1. The summed E-state index contributed by atoms with van der Waals surface area (Å²) in [6.07, 6.45) is 0. The van der Waals surface area contributed by atoms with Crippen molar-refractivity contribution in [3.05, 3.63) is 42.7 Å². The highest BCUT2D eigenvalue weighted by molar-refractivity contribution is 7.99. The molecule has 3 heterocycles. The lowest BCUT2D eigenvalue weighted by atomic mass is 9.83. The molecule has 0 unspecified atom stereocenters. The molecule has 0 amide bonds. The minimum absolute atomic E-state index is 0.108. The van der Waals surface area contributed by atoms with Crippen molar-refractivity contribution in [2.75, 3.05) is 12.4 Å². The standard InChI is InChI=1S/C13H10N2O3S3/c16-15(17)7-1-2-9-8(3-7)10-6(4-18-9)5-20-12-11(10)21-13(19)14-12/h1-3,6,10H,4-5H2,(H,14,19)/t6-,10+/m0/s1. The molecular weight excluding hydrogens is 328 g/mol. The molecule has 0 spiro atoms. The highest BCUT2D eigenvalue weighted by Crippen LogP contribution is 2.51. The molecule has 2 aromatic rings. The Morgan fingerprint density at radius 3 is 3.14 bits per heavy atom. The van der Waals surface area contributed by atoms with Crippen LogP contribution >= 0.6 is 35.3 Å². The predicted molar refractivity (Wildman–Crippen MR) is 84.2 cm³/mol. The summed E-state index contributed by atoms with van der Waals surface area (Å²) in [7, 11) is 0. The highest BCUT2D eigenvalue weighted by atomic mass is 32.2. The number of non-ortho nitro benzene ring substituents is 1. The Hall–Kier alpha value is -1.38. The number of nitro benzene ring substituents is 1. The molecule has 21 heavy (non-hydrogen) atoms. The highest BCUT2D eigenvalue weighted by Gasteiger charge is 2.39. The van der Waals surface area contributed by atoms with E-state index in [2.05, 4.69) is 4.98 Å². The lowest BCUT2D eigenvalue weighted by molar-refractivity contribution is -0.385. The maximum Gasteiger partial charge on any atom is 0.269 e. The second kappa shape index (κ2) is 4.82. The van der Waals surface area contributed by atoms with Crippen molar-refractivity contribution in [1.29, 1.82) is 0 Å². The van der Waals surface area contributed by atoms with Crippen LogP contribution in [0.25, 0.3) is 0 Å². The molecule has 4 rings (SSSR count). The third-order valence-electron chi connectivity index (χ3n) is 3.83. The van der Waals surface area contributed by atoms with Crippen LogP contribution in [0.5, 0.6) is 5.75 Å². The molecule has 2 aliphatic heterocycles. The molecule has 0 aliphatic carbocycles. The second-order valence-corrected chi connectivity index (χ2v) is 7.80. The first-order valence-corrected chi connectivity index (χ1v) is 8.61. The van der Waals surface area contributed by atoms with Crippen LogP contribution in [0, 0.1) is 20.0 Å². The van der Waals surface area contributed by atoms with Gasteiger partial charge in [-0.25, -0.2) is 0 Å². The summed E-state index contributed by atoms with van der Waals surface area (Å²) in [5, 5.41) is 12.1. The number of rotatable bonds is 1. The quantitative estimate of drug-likeness (QED) is 0.484. The van der Waals surface area contributed by atoms with Crippen LogP contribution in [0.2, 0.25) is 0 Å². The summed E-state index contributed by atoms with van der Waals surface area (Å²) >= 11 is 8.57. The average Bonchev–Trinajstić information content (AvgIpc) is 2.86. The fourth-order valence-corrected chi connectivity index (χ4v) is 5.76. The molecule has 0 fully saturated rings. The number of benzene rings is 1. The summed E-state index contributed by atoms with van der Waals surface area (Å²) < 4.78 is 6.54. The van der Waals surface area contributed by atoms with E-state index in [0.29, 0.717) is 12.5 Å². The molecule has 1 aromatic heterocycles. The first-order chi connectivity index (χ1) is 10.1. The van der Waals surface area contributed by atoms with Gasteiger partial charge in [-0.1, -0.05) is 0 Å². The van der Waals surface area contributed by atoms with Crippen LogP contribution in [0.4, 0.5) is 5.69 Å². The summed E-state index contributed by atoms with van der Waals surface area (Å²) in [5.74, 6) is 2.15. The SMILES string of the molecule is O=[N+]([O-])c1ccc2c(c1)[C@@H]1c3sc(=S)[nH]c3SC[C@@H]1CO2. The molecule has 108 valence electrons. The minimum atomic E-state index is -0.360. The van der Waals surface area contributed by atoms with Crippen molar-refractivity contribution in [1.82, 2.24) is 4.98 Å². The Morgan fingerprint density at radius 1 is 1.48 bits per heavy atom. The minimum Gasteiger partial charge on any atom is -0.493 e. The van der Waals surface area contributed by atoms with Crippen molar-refractivity contribution in [3.63, 3.8) is 0 Å². The van der Waals surface area contributed by atoms with Crippen LogP contribution < -0.4 is 4.74 Å². The number of nitro groups is 1. The van der Waals surface area contributed by atoms with Gasteiger partial charge in [-0.3, -0.25) is 10.1 Å². The fourth-order valence-electron chi connectivity index (χ4n) is 2.90. The van der Waals surface area contributed by atoms with E-state index in [9.17, 15) is 10.1 Å². The first kappa shape index (κ1) is 13.3. The van der Waals surface area contributed by atoms with E-state index in [1.54, 1.807) is 35.2 Å². The van der Waals surface area contributed by atoms with Gasteiger partial charge in [0.25, 0.3) is 5.69 Å². The maximum atomic E-state index is 11.0. The van der Waals surface area contributed by atoms with Crippen molar-refractivity contribution < 1.29 is 9.66 Å². The number of aromatic amines is 1. The number of aromatic nitrogens is 1. The zero-order chi connectivity index (χ0) is 14.6.